The van der Waals surface area contributed by atoms with Crippen LogP contribution in [0, 0.1) is 0 Å². The number of benzene rings is 1. The summed E-state index contributed by atoms with van der Waals surface area (Å²) < 4.78 is 10.4. The van der Waals surface area contributed by atoms with Crippen LogP contribution in [0.2, 0.25) is 10.0 Å². The van der Waals surface area contributed by atoms with E-state index >= 15 is 0 Å². The van der Waals surface area contributed by atoms with Gasteiger partial charge in [0.15, 0.2) is 5.82 Å². The minimum atomic E-state index is -0.435. The third-order valence-electron chi connectivity index (χ3n) is 2.46. The Morgan fingerprint density at radius 3 is 2.95 bits per heavy atom. The van der Waals surface area contributed by atoms with Crippen molar-refractivity contribution in [2.45, 2.75) is 13.0 Å². The van der Waals surface area contributed by atoms with Gasteiger partial charge in [-0.05, 0) is 19.1 Å². The van der Waals surface area contributed by atoms with Crippen LogP contribution in [0.25, 0.3) is 11.5 Å². The van der Waals surface area contributed by atoms with E-state index in [0.717, 1.165) is 0 Å². The van der Waals surface area contributed by atoms with Crippen LogP contribution in [-0.2, 0) is 4.74 Å². The molecule has 0 bridgehead atoms. The van der Waals surface area contributed by atoms with Crippen LogP contribution >= 0.6 is 23.2 Å². The van der Waals surface area contributed by atoms with Gasteiger partial charge in [0.25, 0.3) is 5.89 Å². The van der Waals surface area contributed by atoms with Gasteiger partial charge in [-0.3, -0.25) is 0 Å². The van der Waals surface area contributed by atoms with Gasteiger partial charge in [0.1, 0.15) is 0 Å². The average molecular weight is 302 g/mol. The first-order chi connectivity index (χ1) is 9.13. The topological polar surface area (TPSA) is 74.2 Å². The summed E-state index contributed by atoms with van der Waals surface area (Å²) in [4.78, 5) is 4.21. The van der Waals surface area contributed by atoms with Crippen molar-refractivity contribution in [2.75, 3.05) is 13.2 Å². The number of halogens is 2. The highest BCUT2D eigenvalue weighted by atomic mass is 35.5. The number of nitrogens with two attached hydrogens (primary N) is 1. The highest BCUT2D eigenvalue weighted by molar-refractivity contribution is 6.43. The van der Waals surface area contributed by atoms with E-state index in [4.69, 9.17) is 38.2 Å². The fourth-order valence-electron chi connectivity index (χ4n) is 1.48. The summed E-state index contributed by atoms with van der Waals surface area (Å²) in [5, 5.41) is 4.62. The van der Waals surface area contributed by atoms with E-state index in [1.165, 1.54) is 0 Å². The minimum absolute atomic E-state index is 0.287. The molecule has 1 heterocycles. The molecular formula is C12H13Cl2N3O2. The van der Waals surface area contributed by atoms with Gasteiger partial charge in [0, 0.05) is 6.61 Å². The summed E-state index contributed by atoms with van der Waals surface area (Å²) in [6.07, 6.45) is 0. The Balaban J connectivity index is 2.23. The van der Waals surface area contributed by atoms with Crippen LogP contribution in [0.3, 0.4) is 0 Å². The maximum Gasteiger partial charge on any atom is 0.259 e. The molecule has 19 heavy (non-hydrogen) atoms. The number of rotatable bonds is 5. The van der Waals surface area contributed by atoms with Crippen LogP contribution in [0.5, 0.6) is 0 Å². The second-order valence-corrected chi connectivity index (χ2v) is 4.61. The van der Waals surface area contributed by atoms with Gasteiger partial charge in [0.2, 0.25) is 0 Å². The van der Waals surface area contributed by atoms with Crippen LogP contribution < -0.4 is 5.73 Å². The Morgan fingerprint density at radius 1 is 1.42 bits per heavy atom. The first kappa shape index (κ1) is 14.3. The van der Waals surface area contributed by atoms with E-state index in [0.29, 0.717) is 34.6 Å². The van der Waals surface area contributed by atoms with E-state index < -0.39 is 6.04 Å². The van der Waals surface area contributed by atoms with E-state index in [2.05, 4.69) is 10.1 Å². The summed E-state index contributed by atoms with van der Waals surface area (Å²) in [6.45, 7) is 2.80. The Bertz CT molecular complexity index is 560. The van der Waals surface area contributed by atoms with Crippen LogP contribution in [0.4, 0.5) is 0 Å². The highest BCUT2D eigenvalue weighted by Gasteiger charge is 2.17. The Labute approximate surface area is 120 Å². The van der Waals surface area contributed by atoms with Crippen LogP contribution in [0.1, 0.15) is 18.8 Å². The van der Waals surface area contributed by atoms with Crippen molar-refractivity contribution in [3.05, 3.63) is 34.1 Å². The zero-order valence-corrected chi connectivity index (χ0v) is 11.8. The molecule has 1 unspecified atom stereocenters. The van der Waals surface area contributed by atoms with E-state index in [1.807, 2.05) is 6.92 Å². The summed E-state index contributed by atoms with van der Waals surface area (Å²) in [5.41, 5.74) is 6.45. The molecule has 0 radical (unpaired) electrons. The third kappa shape index (κ3) is 3.25. The SMILES string of the molecule is CCOCC(N)c1noc(-c2cccc(Cl)c2Cl)n1. The predicted octanol–water partition coefficient (Wildman–Crippen LogP) is 3.08. The minimum Gasteiger partial charge on any atom is -0.380 e. The fourth-order valence-corrected chi connectivity index (χ4v) is 1.86. The molecule has 2 aromatic rings. The summed E-state index contributed by atoms with van der Waals surface area (Å²) in [5.74, 6) is 0.661. The summed E-state index contributed by atoms with van der Waals surface area (Å²) >= 11 is 12.0. The van der Waals surface area contributed by atoms with Gasteiger partial charge in [0.05, 0.1) is 28.3 Å². The number of aromatic nitrogens is 2. The van der Waals surface area contributed by atoms with Gasteiger partial charge < -0.3 is 15.0 Å². The monoisotopic (exact) mass is 301 g/mol. The molecule has 0 saturated heterocycles. The quantitative estimate of drug-likeness (QED) is 0.918. The van der Waals surface area contributed by atoms with Crippen molar-refractivity contribution in [3.8, 4) is 11.5 Å². The normalized spacial score (nSPS) is 12.6. The first-order valence-corrected chi connectivity index (χ1v) is 6.50. The second-order valence-electron chi connectivity index (χ2n) is 3.83. The zero-order valence-electron chi connectivity index (χ0n) is 10.3. The lowest BCUT2D eigenvalue weighted by molar-refractivity contribution is 0.130. The fraction of sp³-hybridized carbons (Fsp3) is 0.333. The molecule has 1 aromatic heterocycles. The molecule has 1 atom stereocenters. The van der Waals surface area contributed by atoms with E-state index in [9.17, 15) is 0 Å². The average Bonchev–Trinajstić information content (AvgIpc) is 2.88. The first-order valence-electron chi connectivity index (χ1n) is 5.74. The largest absolute Gasteiger partial charge is 0.380 e. The van der Waals surface area contributed by atoms with Crippen LogP contribution in [0.15, 0.2) is 22.7 Å². The highest BCUT2D eigenvalue weighted by Crippen LogP contribution is 2.32. The maximum atomic E-state index is 6.08. The van der Waals surface area contributed by atoms with Gasteiger partial charge in [-0.15, -0.1) is 0 Å². The lowest BCUT2D eigenvalue weighted by atomic mass is 10.2. The lowest BCUT2D eigenvalue weighted by Gasteiger charge is -2.05. The van der Waals surface area contributed by atoms with Crippen LogP contribution in [-0.4, -0.2) is 23.4 Å². The molecule has 1 aromatic carbocycles. The molecule has 0 aliphatic rings. The number of ether oxygens (including phenoxy) is 1. The van der Waals surface area contributed by atoms with Crippen molar-refractivity contribution >= 4 is 23.2 Å². The molecule has 0 saturated carbocycles. The van der Waals surface area contributed by atoms with Gasteiger partial charge in [-0.25, -0.2) is 0 Å². The zero-order chi connectivity index (χ0) is 13.8. The molecule has 2 N–H and O–H groups in total. The molecular weight excluding hydrogens is 289 g/mol. The molecule has 0 aliphatic heterocycles. The lowest BCUT2D eigenvalue weighted by Crippen LogP contribution is -2.18. The third-order valence-corrected chi connectivity index (χ3v) is 3.28. The van der Waals surface area contributed by atoms with E-state index in [1.54, 1.807) is 18.2 Å². The predicted molar refractivity (Wildman–Crippen MR) is 73.2 cm³/mol. The van der Waals surface area contributed by atoms with Crippen molar-refractivity contribution in [1.29, 1.82) is 0 Å². The van der Waals surface area contributed by atoms with Crippen molar-refractivity contribution in [1.82, 2.24) is 10.1 Å². The maximum absolute atomic E-state index is 6.08. The molecule has 0 spiro atoms. The molecule has 102 valence electrons. The second kappa shape index (κ2) is 6.34. The summed E-state index contributed by atoms with van der Waals surface area (Å²) in [7, 11) is 0. The summed E-state index contributed by atoms with van der Waals surface area (Å²) in [6, 6.07) is 4.76. The smallest absolute Gasteiger partial charge is 0.259 e. The molecule has 7 heteroatoms. The standard InChI is InChI=1S/C12H13Cl2N3O2/c1-2-18-6-9(15)11-16-12(19-17-11)7-4-3-5-8(13)10(7)14/h3-5,9H,2,6,15H2,1H3. The number of nitrogens with zero attached hydrogens (tertiary/aromatic N) is 2. The molecule has 2 rings (SSSR count). The molecule has 5 nitrogen and oxygen atoms in total. The van der Waals surface area contributed by atoms with Crippen molar-refractivity contribution in [3.63, 3.8) is 0 Å². The Kier molecular flexibility index (Phi) is 4.76. The van der Waals surface area contributed by atoms with Gasteiger partial charge in [-0.2, -0.15) is 4.98 Å². The molecule has 0 fully saturated rings. The van der Waals surface area contributed by atoms with Crippen molar-refractivity contribution in [2.24, 2.45) is 5.73 Å². The van der Waals surface area contributed by atoms with Gasteiger partial charge in [-0.1, -0.05) is 34.4 Å². The van der Waals surface area contributed by atoms with Gasteiger partial charge >= 0.3 is 0 Å². The Morgan fingerprint density at radius 2 is 2.21 bits per heavy atom. The van der Waals surface area contributed by atoms with E-state index in [-0.39, 0.29) is 5.89 Å². The van der Waals surface area contributed by atoms with Crippen molar-refractivity contribution < 1.29 is 9.26 Å². The number of hydrogen-bond donors (Lipinski definition) is 1. The Hall–Kier alpha value is -1.14. The number of hydrogen-bond acceptors (Lipinski definition) is 5. The molecule has 0 aliphatic carbocycles. The molecule has 0 amide bonds.